The third-order valence-electron chi connectivity index (χ3n) is 2.41. The number of carboxylic acids is 1. The van der Waals surface area contributed by atoms with Gasteiger partial charge in [-0.1, -0.05) is 23.2 Å². The Morgan fingerprint density at radius 1 is 1.06 bits per heavy atom. The fraction of sp³-hybridized carbons (Fsp3) is 0. The van der Waals surface area contributed by atoms with Crippen LogP contribution in [0.25, 0.3) is 11.1 Å². The van der Waals surface area contributed by atoms with E-state index in [1.807, 2.05) is 0 Å². The fourth-order valence-corrected chi connectivity index (χ4v) is 2.06. The SMILES string of the molecule is O=C(O)c1cc(Cl)cc(-c2cc(O)ccc2Cl)c1. The van der Waals surface area contributed by atoms with Crippen molar-refractivity contribution in [3.8, 4) is 16.9 Å². The summed E-state index contributed by atoms with van der Waals surface area (Å²) in [5.74, 6) is -1.03. The molecule has 0 aliphatic carbocycles. The van der Waals surface area contributed by atoms with Crippen LogP contribution in [-0.2, 0) is 0 Å². The third kappa shape index (κ3) is 2.58. The molecule has 2 aromatic carbocycles. The predicted molar refractivity (Wildman–Crippen MR) is 70.5 cm³/mol. The summed E-state index contributed by atoms with van der Waals surface area (Å²) in [5.41, 5.74) is 1.14. The highest BCUT2D eigenvalue weighted by Crippen LogP contribution is 2.33. The molecule has 0 spiro atoms. The lowest BCUT2D eigenvalue weighted by atomic mass is 10.0. The van der Waals surface area contributed by atoms with Crippen LogP contribution in [0, 0.1) is 0 Å². The van der Waals surface area contributed by atoms with Crippen molar-refractivity contribution in [1.29, 1.82) is 0 Å². The molecule has 0 radical (unpaired) electrons. The molecule has 0 atom stereocenters. The Labute approximate surface area is 113 Å². The number of phenols is 1. The number of halogens is 2. The summed E-state index contributed by atoms with van der Waals surface area (Å²) in [6.07, 6.45) is 0. The maximum absolute atomic E-state index is 10.9. The molecule has 0 unspecified atom stereocenters. The van der Waals surface area contributed by atoms with Crippen LogP contribution in [0.3, 0.4) is 0 Å². The molecular formula is C13H8Cl2O3. The zero-order valence-corrected chi connectivity index (χ0v) is 10.5. The van der Waals surface area contributed by atoms with Gasteiger partial charge < -0.3 is 10.2 Å². The first-order chi connectivity index (χ1) is 8.47. The van der Waals surface area contributed by atoms with Gasteiger partial charge in [0.05, 0.1) is 5.56 Å². The highest BCUT2D eigenvalue weighted by molar-refractivity contribution is 6.34. The van der Waals surface area contributed by atoms with Crippen molar-refractivity contribution in [2.24, 2.45) is 0 Å². The lowest BCUT2D eigenvalue weighted by molar-refractivity contribution is 0.0697. The minimum Gasteiger partial charge on any atom is -0.508 e. The Morgan fingerprint density at radius 3 is 2.44 bits per heavy atom. The van der Waals surface area contributed by atoms with E-state index in [0.29, 0.717) is 21.2 Å². The first-order valence-electron chi connectivity index (χ1n) is 5.00. The van der Waals surface area contributed by atoms with Crippen LogP contribution in [0.15, 0.2) is 36.4 Å². The number of aromatic hydroxyl groups is 1. The summed E-state index contributed by atoms with van der Waals surface area (Å²) >= 11 is 11.9. The molecule has 0 amide bonds. The minimum atomic E-state index is -1.07. The molecule has 0 bridgehead atoms. The van der Waals surface area contributed by atoms with E-state index in [-0.39, 0.29) is 11.3 Å². The van der Waals surface area contributed by atoms with Crippen molar-refractivity contribution >= 4 is 29.2 Å². The highest BCUT2D eigenvalue weighted by Gasteiger charge is 2.10. The van der Waals surface area contributed by atoms with Crippen LogP contribution in [-0.4, -0.2) is 16.2 Å². The average molecular weight is 283 g/mol. The van der Waals surface area contributed by atoms with Gasteiger partial charge in [0.15, 0.2) is 0 Å². The summed E-state index contributed by atoms with van der Waals surface area (Å²) in [7, 11) is 0. The molecule has 18 heavy (non-hydrogen) atoms. The summed E-state index contributed by atoms with van der Waals surface area (Å²) in [4.78, 5) is 10.9. The molecule has 0 aromatic heterocycles. The monoisotopic (exact) mass is 282 g/mol. The lowest BCUT2D eigenvalue weighted by Crippen LogP contribution is -1.96. The number of hydrogen-bond acceptors (Lipinski definition) is 2. The van der Waals surface area contributed by atoms with Crippen LogP contribution >= 0.6 is 23.2 Å². The van der Waals surface area contributed by atoms with E-state index in [2.05, 4.69) is 0 Å². The second-order valence-electron chi connectivity index (χ2n) is 3.70. The van der Waals surface area contributed by atoms with Gasteiger partial charge in [0.1, 0.15) is 5.75 Å². The Hall–Kier alpha value is -1.71. The van der Waals surface area contributed by atoms with Gasteiger partial charge in [-0.2, -0.15) is 0 Å². The zero-order chi connectivity index (χ0) is 13.3. The first kappa shape index (κ1) is 12.7. The Bertz CT molecular complexity index is 624. The average Bonchev–Trinajstić information content (AvgIpc) is 2.31. The van der Waals surface area contributed by atoms with Crippen LogP contribution in [0.5, 0.6) is 5.75 Å². The lowest BCUT2D eigenvalue weighted by Gasteiger charge is -2.07. The van der Waals surface area contributed by atoms with Gasteiger partial charge in [-0.25, -0.2) is 4.79 Å². The second kappa shape index (κ2) is 4.88. The highest BCUT2D eigenvalue weighted by atomic mass is 35.5. The van der Waals surface area contributed by atoms with Crippen molar-refractivity contribution in [2.45, 2.75) is 0 Å². The van der Waals surface area contributed by atoms with Crippen molar-refractivity contribution in [3.63, 3.8) is 0 Å². The molecule has 0 fully saturated rings. The summed E-state index contributed by atoms with van der Waals surface area (Å²) < 4.78 is 0. The van der Waals surface area contributed by atoms with Gasteiger partial charge in [0.25, 0.3) is 0 Å². The molecule has 0 saturated heterocycles. The third-order valence-corrected chi connectivity index (χ3v) is 2.95. The van der Waals surface area contributed by atoms with Gasteiger partial charge in [-0.3, -0.25) is 0 Å². The Morgan fingerprint density at radius 2 is 1.78 bits per heavy atom. The van der Waals surface area contributed by atoms with Crippen molar-refractivity contribution in [1.82, 2.24) is 0 Å². The smallest absolute Gasteiger partial charge is 0.335 e. The number of benzene rings is 2. The maximum atomic E-state index is 10.9. The fourth-order valence-electron chi connectivity index (χ4n) is 1.60. The molecule has 0 heterocycles. The summed E-state index contributed by atoms with van der Waals surface area (Å²) in [6.45, 7) is 0. The van der Waals surface area contributed by atoms with Crippen LogP contribution < -0.4 is 0 Å². The van der Waals surface area contributed by atoms with Gasteiger partial charge in [0, 0.05) is 15.6 Å². The standard InChI is InChI=1S/C13H8Cl2O3/c14-9-4-7(3-8(5-9)13(17)18)11-6-10(16)1-2-12(11)15/h1-6,16H,(H,17,18). The number of carbonyl (C=O) groups is 1. The molecule has 5 heteroatoms. The van der Waals surface area contributed by atoms with E-state index < -0.39 is 5.97 Å². The summed E-state index contributed by atoms with van der Waals surface area (Å²) in [6, 6.07) is 8.84. The van der Waals surface area contributed by atoms with Gasteiger partial charge in [0.2, 0.25) is 0 Å². The minimum absolute atomic E-state index is 0.0475. The van der Waals surface area contributed by atoms with E-state index >= 15 is 0 Å². The van der Waals surface area contributed by atoms with E-state index in [9.17, 15) is 9.90 Å². The quantitative estimate of drug-likeness (QED) is 0.873. The van der Waals surface area contributed by atoms with Crippen molar-refractivity contribution in [2.75, 3.05) is 0 Å². The van der Waals surface area contributed by atoms with E-state index in [4.69, 9.17) is 28.3 Å². The predicted octanol–water partition coefficient (Wildman–Crippen LogP) is 4.06. The number of aromatic carboxylic acids is 1. The van der Waals surface area contributed by atoms with Crippen LogP contribution in [0.4, 0.5) is 0 Å². The summed E-state index contributed by atoms with van der Waals surface area (Å²) in [5, 5.41) is 19.1. The Kier molecular flexibility index (Phi) is 3.45. The van der Waals surface area contributed by atoms with Crippen molar-refractivity contribution in [3.05, 3.63) is 52.0 Å². The topological polar surface area (TPSA) is 57.5 Å². The van der Waals surface area contributed by atoms with Gasteiger partial charge in [-0.15, -0.1) is 0 Å². The molecule has 2 rings (SSSR count). The van der Waals surface area contributed by atoms with Crippen LogP contribution in [0.1, 0.15) is 10.4 Å². The maximum Gasteiger partial charge on any atom is 0.335 e. The number of phenolic OH excluding ortho intramolecular Hbond substituents is 1. The van der Waals surface area contributed by atoms with E-state index in [1.165, 1.54) is 30.3 Å². The molecule has 2 N–H and O–H groups in total. The molecule has 0 aliphatic heterocycles. The molecular weight excluding hydrogens is 275 g/mol. The normalized spacial score (nSPS) is 10.3. The largest absolute Gasteiger partial charge is 0.508 e. The van der Waals surface area contributed by atoms with E-state index in [1.54, 1.807) is 6.07 Å². The zero-order valence-electron chi connectivity index (χ0n) is 9.02. The molecule has 0 aliphatic rings. The molecule has 3 nitrogen and oxygen atoms in total. The van der Waals surface area contributed by atoms with Gasteiger partial charge >= 0.3 is 5.97 Å². The number of rotatable bonds is 2. The number of hydrogen-bond donors (Lipinski definition) is 2. The molecule has 0 saturated carbocycles. The molecule has 92 valence electrons. The molecule has 2 aromatic rings. The van der Waals surface area contributed by atoms with Crippen LogP contribution in [0.2, 0.25) is 10.0 Å². The first-order valence-corrected chi connectivity index (χ1v) is 5.76. The Balaban J connectivity index is 2.63. The van der Waals surface area contributed by atoms with Gasteiger partial charge in [-0.05, 0) is 42.0 Å². The van der Waals surface area contributed by atoms with Crippen molar-refractivity contribution < 1.29 is 15.0 Å². The second-order valence-corrected chi connectivity index (χ2v) is 4.54. The number of carboxylic acid groups (broad SMARTS) is 1. The van der Waals surface area contributed by atoms with E-state index in [0.717, 1.165) is 0 Å².